The van der Waals surface area contributed by atoms with Crippen molar-refractivity contribution in [1.82, 2.24) is 4.98 Å². The largest absolute Gasteiger partial charge is 2.00 e. The van der Waals surface area contributed by atoms with Gasteiger partial charge in [0.25, 0.3) is 0 Å². The van der Waals surface area contributed by atoms with Crippen molar-refractivity contribution in [2.45, 2.75) is 26.8 Å². The van der Waals surface area contributed by atoms with E-state index in [1.54, 1.807) is 33.2 Å². The summed E-state index contributed by atoms with van der Waals surface area (Å²) in [5.41, 5.74) is 5.25. The van der Waals surface area contributed by atoms with Gasteiger partial charge in [0.2, 0.25) is 0 Å². The van der Waals surface area contributed by atoms with Gasteiger partial charge in [0, 0.05) is 24.1 Å². The molecule has 0 aliphatic heterocycles. The second-order valence-electron chi connectivity index (χ2n) is 5.19. The summed E-state index contributed by atoms with van der Waals surface area (Å²) in [6.07, 6.45) is 3.50. The molecule has 2 N–H and O–H groups in total. The molecule has 2 rings (SSSR count). The van der Waals surface area contributed by atoms with Crippen LogP contribution in [0.15, 0.2) is 50.9 Å². The summed E-state index contributed by atoms with van der Waals surface area (Å²) in [6.45, 7) is 5.33. The summed E-state index contributed by atoms with van der Waals surface area (Å²) in [6, 6.07) is 6.89. The third-order valence-electron chi connectivity index (χ3n) is 2.58. The standard InChI is InChI=1S/C11H16N2O3.C5H5N.ClHO4.Cu/c1-6(12)5-13-8(3)10-9(14)4-7(2)16-11(10)15;1-2-4-6-5-3-1;2-1(3,4)5;/h4,6,14H,5,12H2,1-3H3;1-5H;(H,2,3,4,5);/q;;;+2/p-2/t6-;;;/m1.../s1. The Morgan fingerprint density at radius 1 is 1.25 bits per heavy atom. The second kappa shape index (κ2) is 14.2. The van der Waals surface area contributed by atoms with E-state index in [1.807, 2.05) is 18.2 Å². The van der Waals surface area contributed by atoms with E-state index in [9.17, 15) is 9.90 Å². The van der Waals surface area contributed by atoms with Crippen LogP contribution >= 0.6 is 0 Å². The van der Waals surface area contributed by atoms with Crippen LogP contribution in [0.2, 0.25) is 0 Å². The van der Waals surface area contributed by atoms with Crippen LogP contribution in [-0.2, 0) is 17.1 Å². The van der Waals surface area contributed by atoms with Crippen molar-refractivity contribution in [2.24, 2.45) is 10.7 Å². The third kappa shape index (κ3) is 15.3. The van der Waals surface area contributed by atoms with Crippen LogP contribution < -0.4 is 35.1 Å². The summed E-state index contributed by atoms with van der Waals surface area (Å²) in [7, 11) is -4.94. The first-order valence-electron chi connectivity index (χ1n) is 7.47. The first-order valence-corrected chi connectivity index (χ1v) is 8.70. The maximum atomic E-state index is 11.6. The van der Waals surface area contributed by atoms with Gasteiger partial charge in [0.1, 0.15) is 5.76 Å². The molecular weight excluding hydrogens is 445 g/mol. The molecule has 0 amide bonds. The molecule has 2 aromatic heterocycles. The number of hydrogen-bond acceptors (Lipinski definition) is 10. The van der Waals surface area contributed by atoms with Crippen molar-refractivity contribution in [3.05, 3.63) is 58.4 Å². The molecule has 12 heteroatoms. The van der Waals surface area contributed by atoms with Crippen LogP contribution in [0.3, 0.4) is 0 Å². The van der Waals surface area contributed by atoms with E-state index in [4.69, 9.17) is 28.8 Å². The molecular formula is C16H20ClCuN3O7. The minimum absolute atomic E-state index is 0. The van der Waals surface area contributed by atoms with Crippen molar-refractivity contribution in [2.75, 3.05) is 6.54 Å². The molecule has 28 heavy (non-hydrogen) atoms. The van der Waals surface area contributed by atoms with Gasteiger partial charge < -0.3 is 15.3 Å². The van der Waals surface area contributed by atoms with Gasteiger partial charge in [-0.2, -0.15) is 0 Å². The molecule has 0 saturated heterocycles. The smallest absolute Gasteiger partial charge is 0.872 e. The van der Waals surface area contributed by atoms with E-state index in [0.29, 0.717) is 18.0 Å². The Balaban J connectivity index is 0. The SMILES string of the molecule is CC(=NC[C@@H](C)N)c1c([O-])cc(C)oc1=O.[Cu+2].[O-][Cl+3]([O-])([O-])[O-].c1ccncc1. The van der Waals surface area contributed by atoms with Gasteiger partial charge in [0.15, 0.2) is 0 Å². The molecule has 1 radical (unpaired) electrons. The van der Waals surface area contributed by atoms with Crippen LogP contribution in [0.5, 0.6) is 5.75 Å². The van der Waals surface area contributed by atoms with E-state index in [0.717, 1.165) is 0 Å². The number of halogens is 1. The predicted molar refractivity (Wildman–Crippen MR) is 84.1 cm³/mol. The predicted octanol–water partition coefficient (Wildman–Crippen LogP) is -3.50. The summed E-state index contributed by atoms with van der Waals surface area (Å²) in [5, 5.41) is 11.6. The average molecular weight is 465 g/mol. The Morgan fingerprint density at radius 2 is 1.75 bits per heavy atom. The fraction of sp³-hybridized carbons (Fsp3) is 0.312. The van der Waals surface area contributed by atoms with Gasteiger partial charge >= 0.3 is 22.7 Å². The number of aryl methyl sites for hydroxylation is 1. The molecule has 10 nitrogen and oxygen atoms in total. The molecule has 0 spiro atoms. The number of nitrogens with zero attached hydrogens (tertiary/aromatic N) is 2. The van der Waals surface area contributed by atoms with Gasteiger partial charge in [-0.3, -0.25) is 9.98 Å². The van der Waals surface area contributed by atoms with Crippen molar-refractivity contribution in [3.8, 4) is 5.75 Å². The van der Waals surface area contributed by atoms with E-state index in [2.05, 4.69) is 9.98 Å². The maximum absolute atomic E-state index is 11.6. The second-order valence-corrected chi connectivity index (χ2v) is 5.95. The molecule has 0 aromatic carbocycles. The van der Waals surface area contributed by atoms with Gasteiger partial charge in [-0.1, -0.05) is 11.8 Å². The summed E-state index contributed by atoms with van der Waals surface area (Å²) < 4.78 is 38.8. The topological polar surface area (TPSA) is 197 Å². The summed E-state index contributed by atoms with van der Waals surface area (Å²) >= 11 is 0. The number of pyridine rings is 1. The van der Waals surface area contributed by atoms with Crippen LogP contribution in [0.1, 0.15) is 25.2 Å². The van der Waals surface area contributed by atoms with Crippen LogP contribution in [0.4, 0.5) is 0 Å². The molecule has 1 atom stereocenters. The average Bonchev–Trinajstić information content (AvgIpc) is 2.52. The number of nitrogens with two attached hydrogens (primary N) is 1. The Hall–Kier alpha value is -1.82. The zero-order chi connectivity index (χ0) is 21.0. The number of hydrogen-bond donors (Lipinski definition) is 1. The first-order chi connectivity index (χ1) is 12.4. The zero-order valence-corrected chi connectivity index (χ0v) is 17.0. The molecule has 0 bridgehead atoms. The van der Waals surface area contributed by atoms with E-state index in [1.165, 1.54) is 6.07 Å². The summed E-state index contributed by atoms with van der Waals surface area (Å²) in [5.74, 6) is -0.0570. The van der Waals surface area contributed by atoms with Crippen molar-refractivity contribution < 1.29 is 55.5 Å². The molecule has 2 aromatic rings. The fourth-order valence-electron chi connectivity index (χ4n) is 1.58. The van der Waals surface area contributed by atoms with E-state index < -0.39 is 15.9 Å². The fourth-order valence-corrected chi connectivity index (χ4v) is 1.58. The van der Waals surface area contributed by atoms with Gasteiger partial charge in [-0.25, -0.2) is 23.4 Å². The monoisotopic (exact) mass is 464 g/mol. The number of rotatable bonds is 3. The Kier molecular flexibility index (Phi) is 14.4. The van der Waals surface area contributed by atoms with Crippen LogP contribution in [0.25, 0.3) is 0 Å². The maximum Gasteiger partial charge on any atom is 2.00 e. The Labute approximate surface area is 174 Å². The Bertz CT molecular complexity index is 732. The molecule has 0 aliphatic rings. The molecule has 0 aliphatic carbocycles. The molecule has 0 fully saturated rings. The van der Waals surface area contributed by atoms with Crippen molar-refractivity contribution >= 4 is 5.71 Å². The summed E-state index contributed by atoms with van der Waals surface area (Å²) in [4.78, 5) is 19.3. The third-order valence-corrected chi connectivity index (χ3v) is 2.58. The minimum Gasteiger partial charge on any atom is -0.872 e. The molecule has 159 valence electrons. The van der Waals surface area contributed by atoms with Crippen LogP contribution in [0, 0.1) is 17.2 Å². The Morgan fingerprint density at radius 3 is 2.07 bits per heavy atom. The number of aliphatic imine (C=N–C) groups is 1. The minimum atomic E-state index is -4.94. The van der Waals surface area contributed by atoms with Gasteiger partial charge in [-0.15, -0.1) is 10.2 Å². The molecule has 0 saturated carbocycles. The van der Waals surface area contributed by atoms with Gasteiger partial charge in [0.05, 0.1) is 12.1 Å². The van der Waals surface area contributed by atoms with E-state index >= 15 is 0 Å². The number of aromatic nitrogens is 1. The first kappa shape index (κ1) is 28.4. The molecule has 0 unspecified atom stereocenters. The van der Waals surface area contributed by atoms with Crippen molar-refractivity contribution in [1.29, 1.82) is 0 Å². The zero-order valence-electron chi connectivity index (χ0n) is 15.3. The molecule has 2 heterocycles. The quantitative estimate of drug-likeness (QED) is 0.353. The van der Waals surface area contributed by atoms with Crippen LogP contribution in [-0.4, -0.2) is 23.3 Å². The van der Waals surface area contributed by atoms with Gasteiger partial charge in [-0.05, 0) is 39.0 Å². The van der Waals surface area contributed by atoms with E-state index in [-0.39, 0.29) is 34.4 Å². The normalized spacial score (nSPS) is 11.8. The van der Waals surface area contributed by atoms with Crippen molar-refractivity contribution in [3.63, 3.8) is 0 Å².